The van der Waals surface area contributed by atoms with Crippen molar-refractivity contribution in [2.45, 2.75) is 32.2 Å². The Morgan fingerprint density at radius 2 is 1.89 bits per heavy atom. The molecule has 1 aromatic carbocycles. The van der Waals surface area contributed by atoms with E-state index in [9.17, 15) is 9.90 Å². The molecule has 0 saturated carbocycles. The van der Waals surface area contributed by atoms with Crippen molar-refractivity contribution in [2.75, 3.05) is 30.8 Å². The topological polar surface area (TPSA) is 125 Å². The van der Waals surface area contributed by atoms with Crippen LogP contribution in [0.2, 0.25) is 0 Å². The molecule has 1 unspecified atom stereocenters. The number of fused-ring (bicyclic) bond motifs is 1. The van der Waals surface area contributed by atoms with Gasteiger partial charge in [0.25, 0.3) is 5.91 Å². The van der Waals surface area contributed by atoms with Gasteiger partial charge < -0.3 is 21.1 Å². The minimum absolute atomic E-state index is 0. The van der Waals surface area contributed by atoms with Crippen molar-refractivity contribution in [3.8, 4) is 11.3 Å². The summed E-state index contributed by atoms with van der Waals surface area (Å²) in [6, 6.07) is 13.4. The van der Waals surface area contributed by atoms with Crippen molar-refractivity contribution in [1.29, 1.82) is 0 Å². The molecular formula is C27H33N7O2S. The minimum atomic E-state index is -0.129. The van der Waals surface area contributed by atoms with Gasteiger partial charge in [-0.1, -0.05) is 32.0 Å². The second-order valence-corrected chi connectivity index (χ2v) is 8.62. The number of carbonyl (C=O) groups is 1. The zero-order valence-corrected chi connectivity index (χ0v) is 22.2. The Balaban J connectivity index is 0.00000380. The van der Waals surface area contributed by atoms with Crippen molar-refractivity contribution in [2.24, 2.45) is 0 Å². The maximum atomic E-state index is 12.3. The zero-order chi connectivity index (χ0) is 25.5. The van der Waals surface area contributed by atoms with Crippen LogP contribution < -0.4 is 16.0 Å². The summed E-state index contributed by atoms with van der Waals surface area (Å²) in [6.07, 6.45) is 5.77. The van der Waals surface area contributed by atoms with E-state index in [1.54, 1.807) is 25.5 Å². The van der Waals surface area contributed by atoms with Crippen LogP contribution in [0, 0.1) is 0 Å². The molecule has 194 valence electrons. The molecule has 4 N–H and O–H groups in total. The van der Waals surface area contributed by atoms with E-state index in [4.69, 9.17) is 0 Å². The predicted octanol–water partition coefficient (Wildman–Crippen LogP) is 3.96. The molecule has 9 nitrogen and oxygen atoms in total. The number of nitrogens with one attached hydrogen (secondary N) is 3. The van der Waals surface area contributed by atoms with Crippen LogP contribution in [0.25, 0.3) is 22.2 Å². The van der Waals surface area contributed by atoms with Gasteiger partial charge in [0, 0.05) is 48.9 Å². The lowest BCUT2D eigenvalue weighted by Crippen LogP contribution is -2.23. The van der Waals surface area contributed by atoms with E-state index in [2.05, 4.69) is 42.8 Å². The predicted molar refractivity (Wildman–Crippen MR) is 152 cm³/mol. The Morgan fingerprint density at radius 3 is 2.59 bits per heavy atom. The molecule has 1 amide bonds. The number of benzene rings is 1. The second-order valence-electron chi connectivity index (χ2n) is 8.62. The molecule has 4 rings (SSSR count). The summed E-state index contributed by atoms with van der Waals surface area (Å²) < 4.78 is 0. The molecule has 0 aliphatic rings. The summed E-state index contributed by atoms with van der Waals surface area (Å²) in [4.78, 5) is 30.1. The molecule has 0 fully saturated rings. The first-order valence-corrected chi connectivity index (χ1v) is 12.0. The number of hydrogen-bond acceptors (Lipinski definition) is 8. The third kappa shape index (κ3) is 6.52. The van der Waals surface area contributed by atoms with Crippen LogP contribution in [0.4, 0.5) is 11.6 Å². The van der Waals surface area contributed by atoms with Crippen molar-refractivity contribution in [3.63, 3.8) is 0 Å². The standard InChI is InChI=1S/C27H31N7O2.H2S/c1-4-19(15-35)34-24-9-8-18(14-31-24)23-12-25(33-16-32-23)30-13-17(2)20-6-5-7-21-22(27(36)28-3)10-11-29-26(20)21;/h5-12,14,16-17,19,35H,4,13,15H2,1-3H3,(H,28,36)(H,31,34)(H,30,32,33);1H2/t17-,19?;/m1./s1. The highest BCUT2D eigenvalue weighted by molar-refractivity contribution is 7.59. The Bertz CT molecular complexity index is 1330. The molecular weight excluding hydrogens is 486 g/mol. The third-order valence-electron chi connectivity index (χ3n) is 6.19. The van der Waals surface area contributed by atoms with Gasteiger partial charge in [0.2, 0.25) is 0 Å². The largest absolute Gasteiger partial charge is 0.394 e. The second kappa shape index (κ2) is 13.0. The van der Waals surface area contributed by atoms with Gasteiger partial charge >= 0.3 is 0 Å². The van der Waals surface area contributed by atoms with E-state index in [-0.39, 0.29) is 38.0 Å². The van der Waals surface area contributed by atoms with Gasteiger partial charge in [0.05, 0.1) is 29.4 Å². The van der Waals surface area contributed by atoms with Gasteiger partial charge in [-0.3, -0.25) is 9.78 Å². The molecule has 3 aromatic heterocycles. The van der Waals surface area contributed by atoms with E-state index in [1.807, 2.05) is 43.3 Å². The molecule has 0 radical (unpaired) electrons. The number of amides is 1. The number of aliphatic hydroxyl groups is 1. The van der Waals surface area contributed by atoms with E-state index in [1.165, 1.54) is 6.33 Å². The normalized spacial score (nSPS) is 12.3. The summed E-state index contributed by atoms with van der Waals surface area (Å²) in [6.45, 7) is 4.81. The lowest BCUT2D eigenvalue weighted by molar-refractivity contribution is 0.0964. The average molecular weight is 520 g/mol. The summed E-state index contributed by atoms with van der Waals surface area (Å²) >= 11 is 0. The van der Waals surface area contributed by atoms with E-state index < -0.39 is 0 Å². The third-order valence-corrected chi connectivity index (χ3v) is 6.19. The quantitative estimate of drug-likeness (QED) is 0.248. The van der Waals surface area contributed by atoms with Crippen LogP contribution in [0.3, 0.4) is 0 Å². The monoisotopic (exact) mass is 519 g/mol. The fourth-order valence-electron chi connectivity index (χ4n) is 4.03. The Morgan fingerprint density at radius 1 is 1.05 bits per heavy atom. The van der Waals surface area contributed by atoms with Gasteiger partial charge in [-0.15, -0.1) is 0 Å². The number of nitrogens with zero attached hydrogens (tertiary/aromatic N) is 4. The average Bonchev–Trinajstić information content (AvgIpc) is 2.94. The molecule has 10 heteroatoms. The highest BCUT2D eigenvalue weighted by Crippen LogP contribution is 2.27. The Kier molecular flexibility index (Phi) is 9.76. The van der Waals surface area contributed by atoms with Crippen molar-refractivity contribution < 1.29 is 9.90 Å². The molecule has 0 spiro atoms. The SMILES string of the molecule is CCC(CO)Nc1ccc(-c2cc(NC[C@@H](C)c3cccc4c(C(=O)NC)ccnc34)ncn2)cn1.S. The number of aliphatic hydroxyl groups excluding tert-OH is 1. The number of aromatic nitrogens is 4. The van der Waals surface area contributed by atoms with Crippen molar-refractivity contribution in [3.05, 3.63) is 72.3 Å². The van der Waals surface area contributed by atoms with E-state index in [0.29, 0.717) is 23.7 Å². The van der Waals surface area contributed by atoms with Gasteiger partial charge in [-0.2, -0.15) is 13.5 Å². The van der Waals surface area contributed by atoms with Crippen molar-refractivity contribution >= 4 is 41.9 Å². The maximum Gasteiger partial charge on any atom is 0.251 e. The first-order valence-electron chi connectivity index (χ1n) is 12.0. The van der Waals surface area contributed by atoms with E-state index >= 15 is 0 Å². The van der Waals surface area contributed by atoms with Crippen LogP contribution in [-0.2, 0) is 0 Å². The van der Waals surface area contributed by atoms with Gasteiger partial charge in [0.15, 0.2) is 0 Å². The highest BCUT2D eigenvalue weighted by atomic mass is 32.1. The van der Waals surface area contributed by atoms with Crippen LogP contribution in [0.5, 0.6) is 0 Å². The number of para-hydroxylation sites is 1. The number of hydrogen-bond donors (Lipinski definition) is 4. The molecule has 0 saturated heterocycles. The smallest absolute Gasteiger partial charge is 0.251 e. The van der Waals surface area contributed by atoms with E-state index in [0.717, 1.165) is 34.1 Å². The van der Waals surface area contributed by atoms with Gasteiger partial charge in [-0.05, 0) is 30.2 Å². The maximum absolute atomic E-state index is 12.3. The summed E-state index contributed by atoms with van der Waals surface area (Å²) in [5, 5.41) is 19.5. The summed E-state index contributed by atoms with van der Waals surface area (Å²) in [5.74, 6) is 1.41. The Hall–Kier alpha value is -3.76. The Labute approximate surface area is 223 Å². The first-order chi connectivity index (χ1) is 17.5. The lowest BCUT2D eigenvalue weighted by Gasteiger charge is -2.16. The highest BCUT2D eigenvalue weighted by Gasteiger charge is 2.15. The van der Waals surface area contributed by atoms with Gasteiger partial charge in [0.1, 0.15) is 18.0 Å². The minimum Gasteiger partial charge on any atom is -0.394 e. The fraction of sp³-hybridized carbons (Fsp3) is 0.296. The van der Waals surface area contributed by atoms with Crippen LogP contribution in [0.15, 0.2) is 61.2 Å². The molecule has 4 aromatic rings. The number of anilines is 2. The lowest BCUT2D eigenvalue weighted by atomic mass is 9.96. The van der Waals surface area contributed by atoms with Crippen LogP contribution in [-0.4, -0.2) is 57.2 Å². The van der Waals surface area contributed by atoms with Gasteiger partial charge in [-0.25, -0.2) is 15.0 Å². The van der Waals surface area contributed by atoms with Crippen LogP contribution in [0.1, 0.15) is 42.1 Å². The first kappa shape index (κ1) is 27.8. The summed E-state index contributed by atoms with van der Waals surface area (Å²) in [5.41, 5.74) is 4.12. The fourth-order valence-corrected chi connectivity index (χ4v) is 4.03. The molecule has 37 heavy (non-hydrogen) atoms. The zero-order valence-electron chi connectivity index (χ0n) is 21.2. The molecule has 0 bridgehead atoms. The number of rotatable bonds is 10. The molecule has 0 aliphatic carbocycles. The van der Waals surface area contributed by atoms with Crippen LogP contribution >= 0.6 is 13.5 Å². The molecule has 3 heterocycles. The number of pyridine rings is 2. The summed E-state index contributed by atoms with van der Waals surface area (Å²) in [7, 11) is 1.63. The molecule has 2 atom stereocenters. The van der Waals surface area contributed by atoms with Crippen molar-refractivity contribution in [1.82, 2.24) is 25.3 Å². The number of carbonyl (C=O) groups excluding carboxylic acids is 1. The molecule has 0 aliphatic heterocycles.